The van der Waals surface area contributed by atoms with Crippen LogP contribution in [-0.4, -0.2) is 22.7 Å². The monoisotopic (exact) mass is 209 g/mol. The average Bonchev–Trinajstić information content (AvgIpc) is 2.71. The lowest BCUT2D eigenvalue weighted by atomic mass is 10.2. The van der Waals surface area contributed by atoms with Crippen LogP contribution < -0.4 is 11.3 Å². The standard InChI is InChI=1S/C10H15N3O2/c11-5-7-6-12-9(13-10(7)14)4-8-2-1-3-15-8/h6,8H,1-5,11H2,(H,12,13,14). The second-order valence-electron chi connectivity index (χ2n) is 3.73. The summed E-state index contributed by atoms with van der Waals surface area (Å²) in [6, 6.07) is 0. The number of rotatable bonds is 3. The zero-order valence-electron chi connectivity index (χ0n) is 8.53. The van der Waals surface area contributed by atoms with Crippen LogP contribution in [0.3, 0.4) is 0 Å². The minimum absolute atomic E-state index is 0.138. The third kappa shape index (κ3) is 2.43. The predicted octanol–water partition coefficient (Wildman–Crippen LogP) is -0.0499. The molecule has 1 unspecified atom stereocenters. The number of aromatic nitrogens is 2. The smallest absolute Gasteiger partial charge is 0.255 e. The zero-order chi connectivity index (χ0) is 10.7. The van der Waals surface area contributed by atoms with Crippen LogP contribution in [0, 0.1) is 0 Å². The van der Waals surface area contributed by atoms with Gasteiger partial charge in [0.25, 0.3) is 5.56 Å². The number of nitrogens with zero attached hydrogens (tertiary/aromatic N) is 1. The normalized spacial score (nSPS) is 20.7. The fourth-order valence-electron chi connectivity index (χ4n) is 1.73. The summed E-state index contributed by atoms with van der Waals surface area (Å²) in [4.78, 5) is 18.3. The Hall–Kier alpha value is -1.20. The fraction of sp³-hybridized carbons (Fsp3) is 0.600. The number of aromatic amines is 1. The van der Waals surface area contributed by atoms with E-state index in [1.54, 1.807) is 6.20 Å². The molecule has 0 saturated carbocycles. The molecule has 1 aliphatic heterocycles. The maximum absolute atomic E-state index is 11.4. The molecule has 1 aliphatic rings. The number of ether oxygens (including phenoxy) is 1. The molecule has 0 radical (unpaired) electrons. The van der Waals surface area contributed by atoms with E-state index in [1.807, 2.05) is 0 Å². The van der Waals surface area contributed by atoms with Gasteiger partial charge < -0.3 is 15.5 Å². The molecule has 0 bridgehead atoms. The molecule has 1 atom stereocenters. The van der Waals surface area contributed by atoms with Gasteiger partial charge in [-0.25, -0.2) is 4.98 Å². The summed E-state index contributed by atoms with van der Waals surface area (Å²) in [5.74, 6) is 0.684. The lowest BCUT2D eigenvalue weighted by Crippen LogP contribution is -2.21. The van der Waals surface area contributed by atoms with E-state index in [-0.39, 0.29) is 18.2 Å². The van der Waals surface area contributed by atoms with Crippen LogP contribution in [0.1, 0.15) is 24.2 Å². The van der Waals surface area contributed by atoms with Gasteiger partial charge in [-0.2, -0.15) is 0 Å². The Morgan fingerprint density at radius 1 is 1.67 bits per heavy atom. The van der Waals surface area contributed by atoms with Crippen molar-refractivity contribution in [2.75, 3.05) is 6.61 Å². The van der Waals surface area contributed by atoms with Gasteiger partial charge in [-0.15, -0.1) is 0 Å². The SMILES string of the molecule is NCc1cnc(CC2CCCO2)[nH]c1=O. The van der Waals surface area contributed by atoms with Gasteiger partial charge in [0, 0.05) is 31.3 Å². The van der Waals surface area contributed by atoms with Crippen LogP contribution in [0.25, 0.3) is 0 Å². The van der Waals surface area contributed by atoms with Crippen LogP contribution in [0.2, 0.25) is 0 Å². The summed E-state index contributed by atoms with van der Waals surface area (Å²) < 4.78 is 5.47. The van der Waals surface area contributed by atoms with Gasteiger partial charge in [-0.1, -0.05) is 0 Å². The van der Waals surface area contributed by atoms with Crippen LogP contribution in [0.4, 0.5) is 0 Å². The maximum atomic E-state index is 11.4. The van der Waals surface area contributed by atoms with Crippen molar-refractivity contribution in [1.29, 1.82) is 0 Å². The minimum Gasteiger partial charge on any atom is -0.378 e. The Kier molecular flexibility index (Phi) is 3.13. The van der Waals surface area contributed by atoms with Crippen molar-refractivity contribution in [3.8, 4) is 0 Å². The van der Waals surface area contributed by atoms with Gasteiger partial charge in [-0.05, 0) is 12.8 Å². The molecule has 1 aromatic rings. The Labute approximate surface area is 87.7 Å². The van der Waals surface area contributed by atoms with E-state index in [0.717, 1.165) is 19.4 Å². The molecule has 1 fully saturated rings. The van der Waals surface area contributed by atoms with Crippen molar-refractivity contribution in [3.05, 3.63) is 27.9 Å². The molecule has 5 nitrogen and oxygen atoms in total. The summed E-state index contributed by atoms with van der Waals surface area (Å²) in [6.07, 6.45) is 4.57. The molecular weight excluding hydrogens is 194 g/mol. The lowest BCUT2D eigenvalue weighted by Gasteiger charge is -2.08. The van der Waals surface area contributed by atoms with Gasteiger partial charge in [0.05, 0.1) is 6.10 Å². The summed E-state index contributed by atoms with van der Waals surface area (Å²) >= 11 is 0. The van der Waals surface area contributed by atoms with Gasteiger partial charge in [0.2, 0.25) is 0 Å². The number of hydrogen-bond acceptors (Lipinski definition) is 4. The van der Waals surface area contributed by atoms with Crippen LogP contribution in [-0.2, 0) is 17.7 Å². The molecule has 2 rings (SSSR count). The van der Waals surface area contributed by atoms with Crippen molar-refractivity contribution < 1.29 is 4.74 Å². The first-order valence-electron chi connectivity index (χ1n) is 5.18. The van der Waals surface area contributed by atoms with E-state index in [4.69, 9.17) is 10.5 Å². The van der Waals surface area contributed by atoms with E-state index in [1.165, 1.54) is 0 Å². The Morgan fingerprint density at radius 2 is 2.53 bits per heavy atom. The number of nitrogens with two attached hydrogens (primary N) is 1. The summed E-state index contributed by atoms with van der Waals surface area (Å²) in [5, 5.41) is 0. The molecule has 2 heterocycles. The molecule has 3 N–H and O–H groups in total. The summed E-state index contributed by atoms with van der Waals surface area (Å²) in [6.45, 7) is 1.04. The van der Waals surface area contributed by atoms with Gasteiger partial charge in [0.1, 0.15) is 5.82 Å². The second-order valence-corrected chi connectivity index (χ2v) is 3.73. The van der Waals surface area contributed by atoms with E-state index < -0.39 is 0 Å². The molecule has 0 amide bonds. The quantitative estimate of drug-likeness (QED) is 0.731. The molecule has 0 spiro atoms. The van der Waals surface area contributed by atoms with Crippen molar-refractivity contribution in [2.24, 2.45) is 5.73 Å². The maximum Gasteiger partial charge on any atom is 0.255 e. The zero-order valence-corrected chi connectivity index (χ0v) is 8.53. The number of nitrogens with one attached hydrogen (secondary N) is 1. The van der Waals surface area contributed by atoms with Crippen molar-refractivity contribution in [3.63, 3.8) is 0 Å². The van der Waals surface area contributed by atoms with Crippen LogP contribution >= 0.6 is 0 Å². The highest BCUT2D eigenvalue weighted by atomic mass is 16.5. The van der Waals surface area contributed by atoms with Crippen LogP contribution in [0.5, 0.6) is 0 Å². The largest absolute Gasteiger partial charge is 0.378 e. The van der Waals surface area contributed by atoms with E-state index >= 15 is 0 Å². The summed E-state index contributed by atoms with van der Waals surface area (Å²) in [7, 11) is 0. The third-order valence-electron chi connectivity index (χ3n) is 2.59. The highest BCUT2D eigenvalue weighted by Crippen LogP contribution is 2.14. The number of hydrogen-bond donors (Lipinski definition) is 2. The molecular formula is C10H15N3O2. The lowest BCUT2D eigenvalue weighted by molar-refractivity contribution is 0.110. The van der Waals surface area contributed by atoms with Crippen LogP contribution in [0.15, 0.2) is 11.0 Å². The Balaban J connectivity index is 2.08. The van der Waals surface area contributed by atoms with Gasteiger partial charge in [-0.3, -0.25) is 4.79 Å². The Bertz CT molecular complexity index is 382. The molecule has 15 heavy (non-hydrogen) atoms. The van der Waals surface area contributed by atoms with Gasteiger partial charge in [0.15, 0.2) is 0 Å². The molecule has 1 aromatic heterocycles. The molecule has 5 heteroatoms. The predicted molar refractivity (Wildman–Crippen MR) is 55.4 cm³/mol. The first-order chi connectivity index (χ1) is 7.29. The first kappa shape index (κ1) is 10.3. The van der Waals surface area contributed by atoms with Crippen molar-refractivity contribution in [1.82, 2.24) is 9.97 Å². The highest BCUT2D eigenvalue weighted by Gasteiger charge is 2.17. The molecule has 0 aromatic carbocycles. The molecule has 1 saturated heterocycles. The first-order valence-corrected chi connectivity index (χ1v) is 5.18. The average molecular weight is 209 g/mol. The fourth-order valence-corrected chi connectivity index (χ4v) is 1.73. The highest BCUT2D eigenvalue weighted by molar-refractivity contribution is 5.05. The van der Waals surface area contributed by atoms with E-state index in [2.05, 4.69) is 9.97 Å². The molecule has 0 aliphatic carbocycles. The van der Waals surface area contributed by atoms with Crippen molar-refractivity contribution in [2.45, 2.75) is 31.9 Å². The number of H-pyrrole nitrogens is 1. The topological polar surface area (TPSA) is 81.0 Å². The van der Waals surface area contributed by atoms with E-state index in [9.17, 15) is 4.79 Å². The van der Waals surface area contributed by atoms with E-state index in [0.29, 0.717) is 17.8 Å². The third-order valence-corrected chi connectivity index (χ3v) is 2.59. The van der Waals surface area contributed by atoms with Gasteiger partial charge >= 0.3 is 0 Å². The Morgan fingerprint density at radius 3 is 3.13 bits per heavy atom. The summed E-state index contributed by atoms with van der Waals surface area (Å²) in [5.41, 5.74) is 5.76. The second kappa shape index (κ2) is 4.55. The minimum atomic E-state index is -0.138. The molecule has 82 valence electrons. The van der Waals surface area contributed by atoms with Crippen molar-refractivity contribution >= 4 is 0 Å².